The van der Waals surface area contributed by atoms with Crippen LogP contribution in [0.5, 0.6) is 0 Å². The molecule has 2 aliphatic heterocycles. The average Bonchev–Trinajstić information content (AvgIpc) is 2.71. The van der Waals surface area contributed by atoms with Gasteiger partial charge in [0.1, 0.15) is 0 Å². The van der Waals surface area contributed by atoms with Crippen molar-refractivity contribution in [2.75, 3.05) is 33.2 Å². The topological polar surface area (TPSA) is 37.2 Å². The van der Waals surface area contributed by atoms with Gasteiger partial charge in [-0.2, -0.15) is 0 Å². The molecule has 2 heterocycles. The second kappa shape index (κ2) is 2.49. The summed E-state index contributed by atoms with van der Waals surface area (Å²) in [6.07, 6.45) is 0. The Morgan fingerprint density at radius 3 is 2.80 bits per heavy atom. The molecule has 58 valence electrons. The van der Waals surface area contributed by atoms with Crippen LogP contribution in [0, 0.1) is 0 Å². The van der Waals surface area contributed by atoms with Crippen LogP contribution in [0.25, 0.3) is 0 Å². The summed E-state index contributed by atoms with van der Waals surface area (Å²) < 4.78 is 0. The Bertz CT molecular complexity index is 122. The molecule has 0 bridgehead atoms. The van der Waals surface area contributed by atoms with Crippen molar-refractivity contribution < 1.29 is 0 Å². The summed E-state index contributed by atoms with van der Waals surface area (Å²) in [5, 5.41) is 6.76. The number of piperazine rings is 1. The summed E-state index contributed by atoms with van der Waals surface area (Å²) in [6.45, 7) is 4.73. The maximum atomic E-state index is 3.40. The molecule has 0 aromatic rings. The highest BCUT2D eigenvalue weighted by Gasteiger charge is 2.34. The summed E-state index contributed by atoms with van der Waals surface area (Å²) >= 11 is 0. The zero-order valence-electron chi connectivity index (χ0n) is 6.43. The van der Waals surface area contributed by atoms with E-state index in [1.807, 2.05) is 0 Å². The fourth-order valence-electron chi connectivity index (χ4n) is 1.62. The highest BCUT2D eigenvalue weighted by atomic mass is 15.3. The van der Waals surface area contributed by atoms with Crippen molar-refractivity contribution >= 4 is 0 Å². The quantitative estimate of drug-likeness (QED) is 0.453. The molecule has 0 aliphatic carbocycles. The third kappa shape index (κ3) is 1.17. The number of rotatable bonds is 1. The van der Waals surface area contributed by atoms with Gasteiger partial charge >= 0.3 is 0 Å². The first-order valence-electron chi connectivity index (χ1n) is 4.02. The molecule has 0 amide bonds. The van der Waals surface area contributed by atoms with Crippen molar-refractivity contribution in [3.63, 3.8) is 0 Å². The van der Waals surface area contributed by atoms with E-state index in [4.69, 9.17) is 0 Å². The highest BCUT2D eigenvalue weighted by Crippen LogP contribution is 2.11. The maximum Gasteiger partial charge on any atom is 0.0383 e. The van der Waals surface area contributed by atoms with Gasteiger partial charge in [0.05, 0.1) is 0 Å². The lowest BCUT2D eigenvalue weighted by Crippen LogP contribution is -2.52. The van der Waals surface area contributed by atoms with E-state index >= 15 is 0 Å². The first kappa shape index (κ1) is 6.58. The van der Waals surface area contributed by atoms with Crippen LogP contribution in [0.3, 0.4) is 0 Å². The summed E-state index contributed by atoms with van der Waals surface area (Å²) in [4.78, 5) is 2.45. The SMILES string of the molecule is CN1CCNCC1C1CN1. The third-order valence-electron chi connectivity index (χ3n) is 2.47. The number of hydrogen-bond acceptors (Lipinski definition) is 3. The summed E-state index contributed by atoms with van der Waals surface area (Å²) in [5.41, 5.74) is 0. The van der Waals surface area contributed by atoms with Crippen LogP contribution in [0.1, 0.15) is 0 Å². The lowest BCUT2D eigenvalue weighted by atomic mass is 10.1. The van der Waals surface area contributed by atoms with Crippen LogP contribution in [0.15, 0.2) is 0 Å². The Labute approximate surface area is 61.8 Å². The second-order valence-corrected chi connectivity index (χ2v) is 3.27. The van der Waals surface area contributed by atoms with Crippen LogP contribution >= 0.6 is 0 Å². The Morgan fingerprint density at radius 1 is 1.40 bits per heavy atom. The van der Waals surface area contributed by atoms with Gasteiger partial charge in [0.25, 0.3) is 0 Å². The number of hydrogen-bond donors (Lipinski definition) is 2. The fraction of sp³-hybridized carbons (Fsp3) is 1.00. The normalized spacial score (nSPS) is 41.7. The molecule has 0 saturated carbocycles. The van der Waals surface area contributed by atoms with E-state index in [9.17, 15) is 0 Å². The molecule has 2 N–H and O–H groups in total. The summed E-state index contributed by atoms with van der Waals surface area (Å²) in [7, 11) is 2.21. The molecule has 2 unspecified atom stereocenters. The molecule has 0 radical (unpaired) electrons. The van der Waals surface area contributed by atoms with Crippen molar-refractivity contribution in [2.45, 2.75) is 12.1 Å². The van der Waals surface area contributed by atoms with Gasteiger partial charge in [-0.3, -0.25) is 4.90 Å². The van der Waals surface area contributed by atoms with Gasteiger partial charge in [-0.05, 0) is 7.05 Å². The molecular weight excluding hydrogens is 126 g/mol. The van der Waals surface area contributed by atoms with Gasteiger partial charge in [-0.1, -0.05) is 0 Å². The molecule has 3 nitrogen and oxygen atoms in total. The predicted molar refractivity (Wildman–Crippen MR) is 41.1 cm³/mol. The Morgan fingerprint density at radius 2 is 2.20 bits per heavy atom. The molecule has 2 atom stereocenters. The van der Waals surface area contributed by atoms with E-state index < -0.39 is 0 Å². The minimum Gasteiger partial charge on any atom is -0.314 e. The summed E-state index contributed by atoms with van der Waals surface area (Å²) in [5.74, 6) is 0. The number of nitrogens with one attached hydrogen (secondary N) is 2. The first-order valence-corrected chi connectivity index (χ1v) is 4.02. The van der Waals surface area contributed by atoms with Crippen LogP contribution in [-0.4, -0.2) is 50.2 Å². The molecule has 0 aromatic carbocycles. The van der Waals surface area contributed by atoms with Crippen LogP contribution in [0.4, 0.5) is 0 Å². The Balaban J connectivity index is 1.90. The molecule has 2 fully saturated rings. The zero-order chi connectivity index (χ0) is 6.97. The number of nitrogens with zero attached hydrogens (tertiary/aromatic N) is 1. The van der Waals surface area contributed by atoms with Crippen molar-refractivity contribution in [1.29, 1.82) is 0 Å². The van der Waals surface area contributed by atoms with E-state index in [0.717, 1.165) is 25.2 Å². The fourth-order valence-corrected chi connectivity index (χ4v) is 1.62. The van der Waals surface area contributed by atoms with Crippen LogP contribution in [-0.2, 0) is 0 Å². The lowest BCUT2D eigenvalue weighted by molar-refractivity contribution is 0.197. The molecule has 0 aromatic heterocycles. The number of likely N-dealkylation sites (N-methyl/N-ethyl adjacent to an activating group) is 1. The van der Waals surface area contributed by atoms with Crippen molar-refractivity contribution in [3.8, 4) is 0 Å². The monoisotopic (exact) mass is 141 g/mol. The molecule has 10 heavy (non-hydrogen) atoms. The predicted octanol–water partition coefficient (Wildman–Crippen LogP) is -1.14. The van der Waals surface area contributed by atoms with Crippen molar-refractivity contribution in [2.24, 2.45) is 0 Å². The maximum absolute atomic E-state index is 3.40. The highest BCUT2D eigenvalue weighted by molar-refractivity contribution is 4.97. The molecular formula is C7H15N3. The third-order valence-corrected chi connectivity index (χ3v) is 2.47. The van der Waals surface area contributed by atoms with E-state index in [1.54, 1.807) is 0 Å². The van der Waals surface area contributed by atoms with E-state index in [2.05, 4.69) is 22.6 Å². The van der Waals surface area contributed by atoms with Gasteiger partial charge in [0.15, 0.2) is 0 Å². The van der Waals surface area contributed by atoms with Gasteiger partial charge in [-0.25, -0.2) is 0 Å². The van der Waals surface area contributed by atoms with Crippen LogP contribution in [0.2, 0.25) is 0 Å². The van der Waals surface area contributed by atoms with E-state index in [1.165, 1.54) is 13.1 Å². The molecule has 3 heteroatoms. The molecule has 2 saturated heterocycles. The van der Waals surface area contributed by atoms with Crippen molar-refractivity contribution in [3.05, 3.63) is 0 Å². The lowest BCUT2D eigenvalue weighted by Gasteiger charge is -2.32. The second-order valence-electron chi connectivity index (χ2n) is 3.27. The van der Waals surface area contributed by atoms with Gasteiger partial charge < -0.3 is 10.6 Å². The van der Waals surface area contributed by atoms with Gasteiger partial charge in [0, 0.05) is 38.3 Å². The Kier molecular flexibility index (Phi) is 1.64. The molecule has 0 spiro atoms. The smallest absolute Gasteiger partial charge is 0.0383 e. The van der Waals surface area contributed by atoms with Gasteiger partial charge in [-0.15, -0.1) is 0 Å². The average molecular weight is 141 g/mol. The first-order chi connectivity index (χ1) is 4.88. The van der Waals surface area contributed by atoms with Crippen LogP contribution < -0.4 is 10.6 Å². The zero-order valence-corrected chi connectivity index (χ0v) is 6.43. The largest absolute Gasteiger partial charge is 0.314 e. The standard InChI is InChI=1S/C7H15N3/c1-10-3-2-8-5-7(10)6-4-9-6/h6-9H,2-5H2,1H3. The molecule has 2 rings (SSSR count). The summed E-state index contributed by atoms with van der Waals surface area (Å²) in [6, 6.07) is 1.52. The van der Waals surface area contributed by atoms with E-state index in [0.29, 0.717) is 0 Å². The Hall–Kier alpha value is -0.120. The van der Waals surface area contributed by atoms with E-state index in [-0.39, 0.29) is 0 Å². The molecule has 2 aliphatic rings. The van der Waals surface area contributed by atoms with Crippen molar-refractivity contribution in [1.82, 2.24) is 15.5 Å². The minimum absolute atomic E-state index is 0.744. The van der Waals surface area contributed by atoms with Gasteiger partial charge in [0.2, 0.25) is 0 Å². The minimum atomic E-state index is 0.744.